The lowest BCUT2D eigenvalue weighted by Crippen LogP contribution is -2.24. The summed E-state index contributed by atoms with van der Waals surface area (Å²) in [5, 5.41) is 0. The lowest BCUT2D eigenvalue weighted by molar-refractivity contribution is 0.325. The van der Waals surface area contributed by atoms with Crippen LogP contribution in [0.2, 0.25) is 0 Å². The Morgan fingerprint density at radius 2 is 2.00 bits per heavy atom. The van der Waals surface area contributed by atoms with Crippen molar-refractivity contribution in [1.29, 1.82) is 0 Å². The van der Waals surface area contributed by atoms with Crippen molar-refractivity contribution >= 4 is 12.0 Å². The third-order valence-corrected chi connectivity index (χ3v) is 2.89. The lowest BCUT2D eigenvalue weighted by Gasteiger charge is -2.18. The van der Waals surface area contributed by atoms with Gasteiger partial charge in [0.2, 0.25) is 0 Å². The van der Waals surface area contributed by atoms with Crippen LogP contribution >= 0.6 is 0 Å². The van der Waals surface area contributed by atoms with Gasteiger partial charge in [-0.25, -0.2) is 4.98 Å². The average molecular weight is 269 g/mol. The van der Waals surface area contributed by atoms with Crippen LogP contribution in [-0.4, -0.2) is 38.4 Å². The van der Waals surface area contributed by atoms with Crippen molar-refractivity contribution in [3.8, 4) is 5.75 Å². The number of hydrogen-bond acceptors (Lipinski definition) is 4. The number of pyridine rings is 1. The Hall–Kier alpha value is -2.36. The first-order valence-electron chi connectivity index (χ1n) is 6.57. The number of hydrogen-bond donors (Lipinski definition) is 0. The van der Waals surface area contributed by atoms with Crippen molar-refractivity contribution in [3.63, 3.8) is 0 Å². The van der Waals surface area contributed by atoms with Gasteiger partial charge in [0.1, 0.15) is 18.2 Å². The second-order valence-electron chi connectivity index (χ2n) is 4.41. The lowest BCUT2D eigenvalue weighted by atomic mass is 10.2. The number of aliphatic imine (C=N–C) groups is 1. The molecule has 0 radical (unpaired) electrons. The molecule has 0 atom stereocenters. The van der Waals surface area contributed by atoms with Gasteiger partial charge < -0.3 is 9.64 Å². The van der Waals surface area contributed by atoms with Crippen molar-refractivity contribution in [3.05, 3.63) is 54.2 Å². The van der Waals surface area contributed by atoms with E-state index in [1.54, 1.807) is 13.2 Å². The zero-order chi connectivity index (χ0) is 14.2. The summed E-state index contributed by atoms with van der Waals surface area (Å²) < 4.78 is 5.72. The number of likely N-dealkylation sites (N-methyl/N-ethyl adjacent to an activating group) is 1. The highest BCUT2D eigenvalue weighted by Crippen LogP contribution is 2.12. The highest BCUT2D eigenvalue weighted by molar-refractivity contribution is 5.79. The van der Waals surface area contributed by atoms with E-state index in [1.807, 2.05) is 55.7 Å². The Morgan fingerprint density at radius 1 is 1.20 bits per heavy atom. The average Bonchev–Trinajstić information content (AvgIpc) is 2.50. The van der Waals surface area contributed by atoms with Crippen LogP contribution in [0.15, 0.2) is 53.7 Å². The van der Waals surface area contributed by atoms with Crippen molar-refractivity contribution in [2.24, 2.45) is 4.99 Å². The summed E-state index contributed by atoms with van der Waals surface area (Å²) in [7, 11) is 3.77. The number of rotatable bonds is 6. The van der Waals surface area contributed by atoms with E-state index < -0.39 is 0 Å². The molecule has 0 fully saturated rings. The van der Waals surface area contributed by atoms with E-state index in [9.17, 15) is 0 Å². The van der Waals surface area contributed by atoms with Gasteiger partial charge in [0.25, 0.3) is 0 Å². The minimum atomic E-state index is 0.619. The maximum absolute atomic E-state index is 5.72. The molecule has 2 aromatic rings. The third-order valence-electron chi connectivity index (χ3n) is 2.89. The predicted molar refractivity (Wildman–Crippen MR) is 83.0 cm³/mol. The minimum Gasteiger partial charge on any atom is -0.492 e. The van der Waals surface area contributed by atoms with E-state index in [0.29, 0.717) is 6.61 Å². The topological polar surface area (TPSA) is 37.7 Å². The van der Waals surface area contributed by atoms with Gasteiger partial charge in [0.15, 0.2) is 0 Å². The monoisotopic (exact) mass is 269 g/mol. The molecule has 1 aromatic heterocycles. The molecule has 0 aliphatic heterocycles. The molecule has 0 amide bonds. The first-order chi connectivity index (χ1) is 9.79. The molecule has 2 rings (SSSR count). The van der Waals surface area contributed by atoms with Gasteiger partial charge >= 0.3 is 0 Å². The smallest absolute Gasteiger partial charge is 0.128 e. The van der Waals surface area contributed by atoms with Gasteiger partial charge in [0, 0.05) is 26.5 Å². The van der Waals surface area contributed by atoms with E-state index in [-0.39, 0.29) is 0 Å². The number of aromatic nitrogens is 1. The third kappa shape index (κ3) is 4.09. The SMILES string of the molecule is CN=Cc1ccc(OCCN(C)c2ccccn2)cc1. The Labute approximate surface area is 119 Å². The Bertz CT molecular complexity index is 537. The molecule has 0 aliphatic carbocycles. The van der Waals surface area contributed by atoms with Gasteiger partial charge in [-0.1, -0.05) is 6.07 Å². The van der Waals surface area contributed by atoms with Crippen molar-refractivity contribution in [2.45, 2.75) is 0 Å². The van der Waals surface area contributed by atoms with Gasteiger partial charge in [-0.2, -0.15) is 0 Å². The first-order valence-corrected chi connectivity index (χ1v) is 6.57. The van der Waals surface area contributed by atoms with Crippen LogP contribution in [-0.2, 0) is 0 Å². The Kier molecular flexibility index (Phi) is 5.12. The van der Waals surface area contributed by atoms with E-state index in [1.165, 1.54) is 0 Å². The second kappa shape index (κ2) is 7.28. The summed E-state index contributed by atoms with van der Waals surface area (Å²) >= 11 is 0. The Balaban J connectivity index is 1.81. The Morgan fingerprint density at radius 3 is 2.65 bits per heavy atom. The van der Waals surface area contributed by atoms with Crippen LogP contribution < -0.4 is 9.64 Å². The number of anilines is 1. The summed E-state index contributed by atoms with van der Waals surface area (Å²) in [5.74, 6) is 1.82. The fourth-order valence-electron chi connectivity index (χ4n) is 1.79. The highest BCUT2D eigenvalue weighted by Gasteiger charge is 2.01. The molecule has 0 saturated heterocycles. The largest absolute Gasteiger partial charge is 0.492 e. The van der Waals surface area contributed by atoms with Gasteiger partial charge in [-0.15, -0.1) is 0 Å². The van der Waals surface area contributed by atoms with E-state index in [2.05, 4.69) is 14.9 Å². The van der Waals surface area contributed by atoms with E-state index in [0.717, 1.165) is 23.7 Å². The molecule has 20 heavy (non-hydrogen) atoms. The van der Waals surface area contributed by atoms with E-state index >= 15 is 0 Å². The maximum Gasteiger partial charge on any atom is 0.128 e. The van der Waals surface area contributed by atoms with Crippen LogP contribution in [0.25, 0.3) is 0 Å². The summed E-state index contributed by atoms with van der Waals surface area (Å²) in [5.41, 5.74) is 1.07. The van der Waals surface area contributed by atoms with Crippen LogP contribution in [0.3, 0.4) is 0 Å². The zero-order valence-electron chi connectivity index (χ0n) is 11.9. The summed E-state index contributed by atoms with van der Waals surface area (Å²) in [6.45, 7) is 1.41. The highest BCUT2D eigenvalue weighted by atomic mass is 16.5. The number of benzene rings is 1. The molecule has 0 spiro atoms. The normalized spacial score (nSPS) is 10.7. The van der Waals surface area contributed by atoms with Gasteiger partial charge in [0.05, 0.1) is 6.54 Å². The fourth-order valence-corrected chi connectivity index (χ4v) is 1.79. The van der Waals surface area contributed by atoms with Crippen molar-refractivity contribution < 1.29 is 4.74 Å². The molecule has 0 bridgehead atoms. The van der Waals surface area contributed by atoms with Gasteiger partial charge in [-0.05, 0) is 42.0 Å². The van der Waals surface area contributed by atoms with Crippen LogP contribution in [0, 0.1) is 0 Å². The summed E-state index contributed by atoms with van der Waals surface area (Å²) in [4.78, 5) is 10.3. The molecule has 104 valence electrons. The predicted octanol–water partition coefficient (Wildman–Crippen LogP) is 2.65. The molecule has 0 saturated carbocycles. The van der Waals surface area contributed by atoms with Crippen LogP contribution in [0.1, 0.15) is 5.56 Å². The molecule has 1 aromatic carbocycles. The van der Waals surface area contributed by atoms with Gasteiger partial charge in [-0.3, -0.25) is 4.99 Å². The molecule has 0 N–H and O–H groups in total. The molecule has 0 unspecified atom stereocenters. The number of nitrogens with zero attached hydrogens (tertiary/aromatic N) is 3. The van der Waals surface area contributed by atoms with Crippen molar-refractivity contribution in [1.82, 2.24) is 4.98 Å². The zero-order valence-corrected chi connectivity index (χ0v) is 11.9. The second-order valence-corrected chi connectivity index (χ2v) is 4.41. The number of ether oxygens (including phenoxy) is 1. The summed E-state index contributed by atoms with van der Waals surface area (Å²) in [6.07, 6.45) is 3.61. The quantitative estimate of drug-likeness (QED) is 0.757. The molecular formula is C16H19N3O. The van der Waals surface area contributed by atoms with Crippen LogP contribution in [0.4, 0.5) is 5.82 Å². The first kappa shape index (κ1) is 14.1. The maximum atomic E-state index is 5.72. The molecule has 4 nitrogen and oxygen atoms in total. The molecule has 4 heteroatoms. The standard InChI is InChI=1S/C16H19N3O/c1-17-13-14-6-8-15(9-7-14)20-12-11-19(2)16-5-3-4-10-18-16/h3-10,13H,11-12H2,1-2H3. The molecular weight excluding hydrogens is 250 g/mol. The van der Waals surface area contributed by atoms with Crippen molar-refractivity contribution in [2.75, 3.05) is 32.1 Å². The fraction of sp³-hybridized carbons (Fsp3) is 0.250. The minimum absolute atomic E-state index is 0.619. The van der Waals surface area contributed by atoms with E-state index in [4.69, 9.17) is 4.74 Å². The summed E-state index contributed by atoms with van der Waals surface area (Å²) in [6, 6.07) is 13.8. The molecule has 1 heterocycles. The van der Waals surface area contributed by atoms with Crippen LogP contribution in [0.5, 0.6) is 5.75 Å². The molecule has 0 aliphatic rings.